The summed E-state index contributed by atoms with van der Waals surface area (Å²) in [7, 11) is 0. The van der Waals surface area contributed by atoms with Crippen LogP contribution in [-0.2, 0) is 0 Å². The molecule has 1 spiro atoms. The lowest BCUT2D eigenvalue weighted by molar-refractivity contribution is 0.267. The van der Waals surface area contributed by atoms with E-state index in [0.717, 1.165) is 40.8 Å². The van der Waals surface area contributed by atoms with Crippen LogP contribution in [0.1, 0.15) is 44.6 Å². The van der Waals surface area contributed by atoms with Crippen molar-refractivity contribution in [3.63, 3.8) is 0 Å². The number of anilines is 1. The van der Waals surface area contributed by atoms with Gasteiger partial charge in [0.2, 0.25) is 0 Å². The van der Waals surface area contributed by atoms with E-state index in [1.165, 1.54) is 25.7 Å². The van der Waals surface area contributed by atoms with E-state index >= 15 is 0 Å². The summed E-state index contributed by atoms with van der Waals surface area (Å²) in [5.41, 5.74) is 2.43. The molecule has 1 aliphatic heterocycles. The summed E-state index contributed by atoms with van der Waals surface area (Å²) < 4.78 is 0. The molecule has 116 valence electrons. The van der Waals surface area contributed by atoms with E-state index < -0.39 is 0 Å². The molecule has 1 atom stereocenters. The van der Waals surface area contributed by atoms with Gasteiger partial charge in [-0.3, -0.25) is 0 Å². The minimum atomic E-state index is 0.284. The predicted molar refractivity (Wildman–Crippen MR) is 91.8 cm³/mol. The molecule has 2 nitrogen and oxygen atoms in total. The SMILES string of the molecule is CCC1CNC2(CCCC2)CN1c1cc(Cl)c(C)cc1Cl. The summed E-state index contributed by atoms with van der Waals surface area (Å²) in [6.45, 7) is 6.34. The third-order valence-electron chi connectivity index (χ3n) is 5.20. The van der Waals surface area contributed by atoms with E-state index in [2.05, 4.69) is 23.2 Å². The zero-order valence-electron chi connectivity index (χ0n) is 12.9. The summed E-state index contributed by atoms with van der Waals surface area (Å²) in [4.78, 5) is 2.50. The van der Waals surface area contributed by atoms with Gasteiger partial charge in [0.15, 0.2) is 0 Å². The number of benzene rings is 1. The summed E-state index contributed by atoms with van der Waals surface area (Å²) in [6.07, 6.45) is 6.33. The Labute approximate surface area is 137 Å². The number of hydrogen-bond donors (Lipinski definition) is 1. The molecule has 1 aromatic rings. The Morgan fingerprint density at radius 2 is 1.95 bits per heavy atom. The van der Waals surface area contributed by atoms with Crippen molar-refractivity contribution < 1.29 is 0 Å². The van der Waals surface area contributed by atoms with E-state index in [-0.39, 0.29) is 5.54 Å². The number of rotatable bonds is 2. The first-order valence-corrected chi connectivity index (χ1v) is 8.77. The summed E-state index contributed by atoms with van der Waals surface area (Å²) >= 11 is 12.9. The second kappa shape index (κ2) is 5.98. The van der Waals surface area contributed by atoms with Gasteiger partial charge in [0.25, 0.3) is 0 Å². The monoisotopic (exact) mass is 326 g/mol. The van der Waals surface area contributed by atoms with Gasteiger partial charge >= 0.3 is 0 Å². The number of piperazine rings is 1. The van der Waals surface area contributed by atoms with Crippen LogP contribution in [0.2, 0.25) is 10.0 Å². The molecule has 0 radical (unpaired) electrons. The van der Waals surface area contributed by atoms with Crippen LogP contribution in [0.15, 0.2) is 12.1 Å². The fourth-order valence-electron chi connectivity index (χ4n) is 3.84. The minimum absolute atomic E-state index is 0.284. The summed E-state index contributed by atoms with van der Waals surface area (Å²) in [5.74, 6) is 0. The highest BCUT2D eigenvalue weighted by atomic mass is 35.5. The van der Waals surface area contributed by atoms with E-state index in [0.29, 0.717) is 6.04 Å². The molecule has 0 bridgehead atoms. The molecule has 1 aliphatic carbocycles. The van der Waals surface area contributed by atoms with Gasteiger partial charge in [0.1, 0.15) is 0 Å². The number of halogens is 2. The minimum Gasteiger partial charge on any atom is -0.364 e. The van der Waals surface area contributed by atoms with Gasteiger partial charge in [0.05, 0.1) is 10.7 Å². The van der Waals surface area contributed by atoms with Crippen LogP contribution in [-0.4, -0.2) is 24.7 Å². The Kier molecular flexibility index (Phi) is 4.40. The van der Waals surface area contributed by atoms with Crippen LogP contribution in [0.3, 0.4) is 0 Å². The fraction of sp³-hybridized carbons (Fsp3) is 0.647. The van der Waals surface area contributed by atoms with E-state index in [1.807, 2.05) is 13.0 Å². The van der Waals surface area contributed by atoms with E-state index in [9.17, 15) is 0 Å². The lowest BCUT2D eigenvalue weighted by atomic mass is 9.91. The van der Waals surface area contributed by atoms with Crippen LogP contribution in [0, 0.1) is 6.92 Å². The molecule has 1 saturated heterocycles. The number of hydrogen-bond acceptors (Lipinski definition) is 2. The highest BCUT2D eigenvalue weighted by Gasteiger charge is 2.41. The van der Waals surface area contributed by atoms with Crippen molar-refractivity contribution in [2.45, 2.75) is 57.5 Å². The molecule has 1 N–H and O–H groups in total. The van der Waals surface area contributed by atoms with Gasteiger partial charge in [-0.1, -0.05) is 43.0 Å². The summed E-state index contributed by atoms with van der Waals surface area (Å²) in [5, 5.41) is 5.46. The van der Waals surface area contributed by atoms with Gasteiger partial charge in [-0.25, -0.2) is 0 Å². The van der Waals surface area contributed by atoms with E-state index in [4.69, 9.17) is 23.2 Å². The normalized spacial score (nSPS) is 24.8. The Morgan fingerprint density at radius 1 is 1.24 bits per heavy atom. The maximum absolute atomic E-state index is 6.53. The molecule has 2 aliphatic rings. The maximum atomic E-state index is 6.53. The molecule has 0 amide bonds. The zero-order valence-corrected chi connectivity index (χ0v) is 14.4. The van der Waals surface area contributed by atoms with Crippen molar-refractivity contribution in [1.82, 2.24) is 5.32 Å². The average molecular weight is 327 g/mol. The first-order valence-electron chi connectivity index (χ1n) is 8.02. The van der Waals surface area contributed by atoms with Gasteiger partial charge in [-0.05, 0) is 43.9 Å². The Balaban J connectivity index is 1.94. The van der Waals surface area contributed by atoms with Crippen molar-refractivity contribution >= 4 is 28.9 Å². The second-order valence-electron chi connectivity index (χ2n) is 6.61. The standard InChI is InChI=1S/C17H24Cl2N2/c1-3-13-10-20-17(6-4-5-7-17)11-21(13)16-9-14(18)12(2)8-15(16)19/h8-9,13,20H,3-7,10-11H2,1-2H3. The second-order valence-corrected chi connectivity index (χ2v) is 7.43. The molecule has 0 aromatic heterocycles. The van der Waals surface area contributed by atoms with Crippen LogP contribution >= 0.6 is 23.2 Å². The first-order chi connectivity index (χ1) is 10.0. The average Bonchev–Trinajstić information content (AvgIpc) is 2.91. The Hall–Kier alpha value is -0.440. The smallest absolute Gasteiger partial charge is 0.0643 e. The molecule has 1 heterocycles. The van der Waals surface area contributed by atoms with Crippen molar-refractivity contribution in [1.29, 1.82) is 0 Å². The highest BCUT2D eigenvalue weighted by molar-refractivity contribution is 6.35. The molecule has 1 saturated carbocycles. The molecule has 4 heteroatoms. The van der Waals surface area contributed by atoms with Crippen LogP contribution in [0.25, 0.3) is 0 Å². The molecule has 21 heavy (non-hydrogen) atoms. The number of nitrogens with one attached hydrogen (secondary N) is 1. The molecular weight excluding hydrogens is 303 g/mol. The van der Waals surface area contributed by atoms with Gasteiger partial charge in [-0.2, -0.15) is 0 Å². The predicted octanol–water partition coefficient (Wildman–Crippen LogP) is 4.80. The van der Waals surface area contributed by atoms with Crippen LogP contribution in [0.4, 0.5) is 5.69 Å². The van der Waals surface area contributed by atoms with Crippen molar-refractivity contribution in [2.75, 3.05) is 18.0 Å². The lowest BCUT2D eigenvalue weighted by Crippen LogP contribution is -2.63. The first kappa shape index (κ1) is 15.5. The molecule has 3 rings (SSSR count). The van der Waals surface area contributed by atoms with Crippen molar-refractivity contribution in [3.05, 3.63) is 27.7 Å². The largest absolute Gasteiger partial charge is 0.364 e. The van der Waals surface area contributed by atoms with Crippen molar-refractivity contribution in [3.8, 4) is 0 Å². The zero-order chi connectivity index (χ0) is 15.0. The molecular formula is C17H24Cl2N2. The maximum Gasteiger partial charge on any atom is 0.0643 e. The van der Waals surface area contributed by atoms with Crippen LogP contribution in [0.5, 0.6) is 0 Å². The fourth-order valence-corrected chi connectivity index (χ4v) is 4.33. The van der Waals surface area contributed by atoms with Gasteiger partial charge in [-0.15, -0.1) is 0 Å². The Morgan fingerprint density at radius 3 is 2.62 bits per heavy atom. The lowest BCUT2D eigenvalue weighted by Gasteiger charge is -2.47. The molecule has 1 aromatic carbocycles. The van der Waals surface area contributed by atoms with Gasteiger partial charge in [0, 0.05) is 29.7 Å². The topological polar surface area (TPSA) is 15.3 Å². The van der Waals surface area contributed by atoms with Crippen LogP contribution < -0.4 is 10.2 Å². The van der Waals surface area contributed by atoms with E-state index in [1.54, 1.807) is 0 Å². The quantitative estimate of drug-likeness (QED) is 0.839. The third-order valence-corrected chi connectivity index (χ3v) is 5.91. The number of nitrogens with zero attached hydrogens (tertiary/aromatic N) is 1. The molecule has 2 fully saturated rings. The summed E-state index contributed by atoms with van der Waals surface area (Å²) in [6, 6.07) is 4.54. The number of aryl methyl sites for hydroxylation is 1. The van der Waals surface area contributed by atoms with Gasteiger partial charge < -0.3 is 10.2 Å². The van der Waals surface area contributed by atoms with Crippen molar-refractivity contribution in [2.24, 2.45) is 0 Å². The Bertz CT molecular complexity index is 524. The highest BCUT2D eigenvalue weighted by Crippen LogP contribution is 2.39. The third kappa shape index (κ3) is 2.91. The molecule has 1 unspecified atom stereocenters.